The topological polar surface area (TPSA) is 41.6 Å². The molecule has 128 valence electrons. The second-order valence-corrected chi connectivity index (χ2v) is 5.34. The van der Waals surface area contributed by atoms with E-state index in [0.717, 1.165) is 11.6 Å². The predicted octanol–water partition coefficient (Wildman–Crippen LogP) is 4.74. The number of alkyl halides is 2. The average Bonchev–Trinajstić information content (AvgIpc) is 2.52. The molecule has 2 rings (SSSR count). The van der Waals surface area contributed by atoms with Crippen LogP contribution in [-0.4, -0.2) is 24.6 Å². The molecule has 1 N–H and O–H groups in total. The molecule has 2 aromatic rings. The molecule has 0 radical (unpaired) electrons. The van der Waals surface area contributed by atoms with Gasteiger partial charge in [0.15, 0.2) is 0 Å². The molecule has 0 saturated heterocycles. The van der Waals surface area contributed by atoms with Gasteiger partial charge in [0.2, 0.25) is 0 Å². The number of rotatable bonds is 5. The quantitative estimate of drug-likeness (QED) is 0.838. The molecule has 0 aromatic heterocycles. The number of anilines is 1. The Balaban J connectivity index is 1.94. The Bertz CT molecular complexity index is 711. The Kier molecular flexibility index (Phi) is 5.92. The molecular formula is C16H14ClF3N2O2. The first kappa shape index (κ1) is 17.9. The van der Waals surface area contributed by atoms with E-state index in [2.05, 4.69) is 10.1 Å². The van der Waals surface area contributed by atoms with Crippen molar-refractivity contribution in [2.45, 2.75) is 13.2 Å². The van der Waals surface area contributed by atoms with E-state index < -0.39 is 18.5 Å². The van der Waals surface area contributed by atoms with Crippen LogP contribution >= 0.6 is 11.6 Å². The lowest BCUT2D eigenvalue weighted by Gasteiger charge is -2.18. The highest BCUT2D eigenvalue weighted by molar-refractivity contribution is 6.30. The molecule has 0 aliphatic heterocycles. The average molecular weight is 359 g/mol. The third-order valence-electron chi connectivity index (χ3n) is 3.09. The molecule has 0 aliphatic rings. The molecule has 0 heterocycles. The summed E-state index contributed by atoms with van der Waals surface area (Å²) in [6.45, 7) is -2.65. The fourth-order valence-electron chi connectivity index (χ4n) is 1.91. The molecule has 4 nitrogen and oxygen atoms in total. The minimum atomic E-state index is -2.89. The fraction of sp³-hybridized carbons (Fsp3) is 0.188. The van der Waals surface area contributed by atoms with Gasteiger partial charge in [-0.05, 0) is 35.9 Å². The van der Waals surface area contributed by atoms with Gasteiger partial charge in [-0.3, -0.25) is 0 Å². The Labute approximate surface area is 141 Å². The third kappa shape index (κ3) is 5.06. The van der Waals surface area contributed by atoms with Crippen LogP contribution in [0.3, 0.4) is 0 Å². The minimum Gasteiger partial charge on any atom is -0.435 e. The van der Waals surface area contributed by atoms with Crippen LogP contribution in [0.2, 0.25) is 5.02 Å². The molecule has 0 atom stereocenters. The van der Waals surface area contributed by atoms with Gasteiger partial charge in [0.1, 0.15) is 11.6 Å². The number of urea groups is 1. The van der Waals surface area contributed by atoms with Crippen molar-refractivity contribution in [1.29, 1.82) is 0 Å². The minimum absolute atomic E-state index is 0.0348. The van der Waals surface area contributed by atoms with E-state index in [1.54, 1.807) is 19.2 Å². The Hall–Kier alpha value is -2.41. The number of amides is 2. The smallest absolute Gasteiger partial charge is 0.387 e. The number of ether oxygens (including phenoxy) is 1. The van der Waals surface area contributed by atoms with Crippen LogP contribution < -0.4 is 10.1 Å². The number of hydrogen-bond donors (Lipinski definition) is 1. The molecule has 24 heavy (non-hydrogen) atoms. The number of nitrogens with zero attached hydrogens (tertiary/aromatic N) is 1. The van der Waals surface area contributed by atoms with Gasteiger partial charge in [-0.1, -0.05) is 23.7 Å². The van der Waals surface area contributed by atoms with E-state index in [-0.39, 0.29) is 23.0 Å². The molecule has 0 unspecified atom stereocenters. The molecule has 2 aromatic carbocycles. The van der Waals surface area contributed by atoms with Crippen LogP contribution in [0.25, 0.3) is 0 Å². The lowest BCUT2D eigenvalue weighted by molar-refractivity contribution is -0.0498. The van der Waals surface area contributed by atoms with E-state index in [0.29, 0.717) is 0 Å². The molecule has 2 amide bonds. The van der Waals surface area contributed by atoms with Gasteiger partial charge < -0.3 is 15.0 Å². The van der Waals surface area contributed by atoms with E-state index in [1.807, 2.05) is 0 Å². The number of halogens is 4. The first-order valence-corrected chi connectivity index (χ1v) is 7.24. The molecule has 8 heteroatoms. The summed E-state index contributed by atoms with van der Waals surface area (Å²) in [5.74, 6) is -0.593. The number of benzene rings is 2. The lowest BCUT2D eigenvalue weighted by Crippen LogP contribution is -2.30. The molecule has 0 bridgehead atoms. The Morgan fingerprint density at radius 1 is 1.25 bits per heavy atom. The molecule has 0 aliphatic carbocycles. The maximum absolute atomic E-state index is 13.3. The van der Waals surface area contributed by atoms with Crippen LogP contribution in [0.1, 0.15) is 5.56 Å². The van der Waals surface area contributed by atoms with Crippen LogP contribution in [0.4, 0.5) is 23.7 Å². The van der Waals surface area contributed by atoms with Crippen molar-refractivity contribution >= 4 is 23.3 Å². The largest absolute Gasteiger partial charge is 0.435 e. The lowest BCUT2D eigenvalue weighted by atomic mass is 10.2. The summed E-state index contributed by atoms with van der Waals surface area (Å²) in [4.78, 5) is 13.4. The van der Waals surface area contributed by atoms with Crippen molar-refractivity contribution < 1.29 is 22.7 Å². The van der Waals surface area contributed by atoms with Gasteiger partial charge in [0, 0.05) is 19.3 Å². The first-order valence-electron chi connectivity index (χ1n) is 6.86. The summed E-state index contributed by atoms with van der Waals surface area (Å²) in [6.07, 6.45) is 0. The first-order chi connectivity index (χ1) is 11.3. The zero-order chi connectivity index (χ0) is 17.7. The van der Waals surface area contributed by atoms with Crippen molar-refractivity contribution in [1.82, 2.24) is 4.90 Å². The van der Waals surface area contributed by atoms with Gasteiger partial charge in [0.05, 0.1) is 5.02 Å². The monoisotopic (exact) mass is 358 g/mol. The van der Waals surface area contributed by atoms with Crippen molar-refractivity contribution in [2.24, 2.45) is 0 Å². The summed E-state index contributed by atoms with van der Waals surface area (Å²) < 4.78 is 41.8. The van der Waals surface area contributed by atoms with Crippen molar-refractivity contribution in [2.75, 3.05) is 12.4 Å². The number of nitrogens with one attached hydrogen (secondary N) is 1. The van der Waals surface area contributed by atoms with E-state index in [1.165, 1.54) is 29.2 Å². The van der Waals surface area contributed by atoms with Crippen LogP contribution in [-0.2, 0) is 6.54 Å². The fourth-order valence-corrected chi connectivity index (χ4v) is 2.03. The van der Waals surface area contributed by atoms with Gasteiger partial charge in [-0.2, -0.15) is 8.78 Å². The van der Waals surface area contributed by atoms with E-state index in [9.17, 15) is 18.0 Å². The highest BCUT2D eigenvalue weighted by Gasteiger charge is 2.11. The van der Waals surface area contributed by atoms with Crippen LogP contribution in [0.5, 0.6) is 5.75 Å². The summed E-state index contributed by atoms with van der Waals surface area (Å²) in [5.41, 5.74) is 0.992. The van der Waals surface area contributed by atoms with Crippen molar-refractivity contribution in [3.8, 4) is 5.75 Å². The summed E-state index contributed by atoms with van der Waals surface area (Å²) in [6, 6.07) is 9.41. The summed E-state index contributed by atoms with van der Waals surface area (Å²) in [7, 11) is 1.55. The number of carbonyl (C=O) groups is 1. The second-order valence-electron chi connectivity index (χ2n) is 4.94. The number of hydrogen-bond acceptors (Lipinski definition) is 2. The van der Waals surface area contributed by atoms with Gasteiger partial charge in [-0.15, -0.1) is 0 Å². The molecule has 0 fully saturated rings. The number of carbonyl (C=O) groups excluding carboxylic acids is 1. The highest BCUT2D eigenvalue weighted by atomic mass is 35.5. The van der Waals surface area contributed by atoms with Gasteiger partial charge >= 0.3 is 12.6 Å². The normalized spacial score (nSPS) is 10.6. The van der Waals surface area contributed by atoms with Crippen molar-refractivity contribution in [3.05, 3.63) is 58.9 Å². The Morgan fingerprint density at radius 3 is 2.50 bits per heavy atom. The summed E-state index contributed by atoms with van der Waals surface area (Å²) >= 11 is 5.58. The van der Waals surface area contributed by atoms with E-state index >= 15 is 0 Å². The summed E-state index contributed by atoms with van der Waals surface area (Å²) in [5, 5.41) is 2.50. The zero-order valence-electron chi connectivity index (χ0n) is 12.6. The highest BCUT2D eigenvalue weighted by Crippen LogP contribution is 2.19. The molecular weight excluding hydrogens is 345 g/mol. The SMILES string of the molecule is CN(Cc1ccc(OC(F)F)cc1)C(=O)Nc1ccc(Cl)c(F)c1. The van der Waals surface area contributed by atoms with Gasteiger partial charge in [-0.25, -0.2) is 9.18 Å². The Morgan fingerprint density at radius 2 is 1.92 bits per heavy atom. The van der Waals surface area contributed by atoms with Crippen LogP contribution in [0, 0.1) is 5.82 Å². The van der Waals surface area contributed by atoms with Crippen LogP contribution in [0.15, 0.2) is 42.5 Å². The maximum Gasteiger partial charge on any atom is 0.387 e. The van der Waals surface area contributed by atoms with E-state index in [4.69, 9.17) is 11.6 Å². The van der Waals surface area contributed by atoms with Gasteiger partial charge in [0.25, 0.3) is 0 Å². The third-order valence-corrected chi connectivity index (χ3v) is 3.39. The standard InChI is InChI=1S/C16H14ClF3N2O2/c1-22(9-10-2-5-12(6-3-10)24-15(19)20)16(23)21-11-4-7-13(17)14(18)8-11/h2-8,15H,9H2,1H3,(H,21,23). The molecule has 0 spiro atoms. The zero-order valence-corrected chi connectivity index (χ0v) is 13.4. The predicted molar refractivity (Wildman–Crippen MR) is 85.0 cm³/mol. The second kappa shape index (κ2) is 7.92. The van der Waals surface area contributed by atoms with Crippen molar-refractivity contribution in [3.63, 3.8) is 0 Å². The molecule has 0 saturated carbocycles. The maximum atomic E-state index is 13.3.